The second-order valence-corrected chi connectivity index (χ2v) is 5.03. The highest BCUT2D eigenvalue weighted by atomic mass is 14.9. The van der Waals surface area contributed by atoms with Gasteiger partial charge in [-0.25, -0.2) is 0 Å². The van der Waals surface area contributed by atoms with Gasteiger partial charge >= 0.3 is 0 Å². The molecular weight excluding hydrogens is 206 g/mol. The van der Waals surface area contributed by atoms with Crippen molar-refractivity contribution in [2.45, 2.75) is 32.7 Å². The predicted octanol–water partition coefficient (Wildman–Crippen LogP) is 4.40. The first-order chi connectivity index (χ1) is 8.16. The van der Waals surface area contributed by atoms with Crippen LogP contribution < -0.4 is 5.32 Å². The van der Waals surface area contributed by atoms with Crippen LogP contribution in [0.4, 0.5) is 5.69 Å². The highest BCUT2D eigenvalue weighted by molar-refractivity contribution is 5.45. The average Bonchev–Trinajstić information content (AvgIpc) is 2.33. The quantitative estimate of drug-likeness (QED) is 0.755. The summed E-state index contributed by atoms with van der Waals surface area (Å²) in [5.41, 5.74) is 3.95. The number of nitrogens with one attached hydrogen (secondary N) is 1. The Balaban J connectivity index is 2.07. The molecule has 0 aromatic heterocycles. The molecule has 1 aliphatic rings. The lowest BCUT2D eigenvalue weighted by atomic mass is 9.83. The Morgan fingerprint density at radius 2 is 2.00 bits per heavy atom. The summed E-state index contributed by atoms with van der Waals surface area (Å²) in [5, 5.41) is 3.61. The van der Waals surface area contributed by atoms with Crippen molar-refractivity contribution in [3.8, 4) is 0 Å². The Morgan fingerprint density at radius 3 is 2.65 bits per heavy atom. The molecule has 0 fully saturated rings. The molecule has 0 amide bonds. The Kier molecular flexibility index (Phi) is 3.68. The summed E-state index contributed by atoms with van der Waals surface area (Å²) in [5.74, 6) is 0.625. The summed E-state index contributed by atoms with van der Waals surface area (Å²) >= 11 is 0. The lowest BCUT2D eigenvalue weighted by molar-refractivity contribution is 0.510. The van der Waals surface area contributed by atoms with Gasteiger partial charge in [-0.2, -0.15) is 0 Å². The normalized spacial score (nSPS) is 24.0. The van der Waals surface area contributed by atoms with Crippen LogP contribution in [0.5, 0.6) is 0 Å². The van der Waals surface area contributed by atoms with E-state index in [4.69, 9.17) is 0 Å². The summed E-state index contributed by atoms with van der Waals surface area (Å²) in [6, 6.07) is 10.9. The molecule has 90 valence electrons. The Bertz CT molecular complexity index is 416. The van der Waals surface area contributed by atoms with Gasteiger partial charge in [0.2, 0.25) is 0 Å². The zero-order chi connectivity index (χ0) is 12.3. The highest BCUT2D eigenvalue weighted by Crippen LogP contribution is 2.30. The van der Waals surface area contributed by atoms with E-state index in [9.17, 15) is 0 Å². The third kappa shape index (κ3) is 3.00. The molecule has 0 spiro atoms. The maximum atomic E-state index is 4.09. The maximum absolute atomic E-state index is 4.09. The fourth-order valence-electron chi connectivity index (χ4n) is 2.35. The number of anilines is 1. The summed E-state index contributed by atoms with van der Waals surface area (Å²) < 4.78 is 0. The molecule has 1 aromatic carbocycles. The second kappa shape index (κ2) is 5.22. The number of rotatable bonds is 3. The summed E-state index contributed by atoms with van der Waals surface area (Å²) in [4.78, 5) is 0. The van der Waals surface area contributed by atoms with E-state index in [1.807, 2.05) is 6.07 Å². The van der Waals surface area contributed by atoms with Crippen LogP contribution in [0.2, 0.25) is 0 Å². The zero-order valence-corrected chi connectivity index (χ0v) is 10.7. The molecule has 1 aliphatic carbocycles. The maximum Gasteiger partial charge on any atom is 0.0476 e. The van der Waals surface area contributed by atoms with E-state index in [1.165, 1.54) is 16.8 Å². The topological polar surface area (TPSA) is 12.0 Å². The number of hydrogen-bond donors (Lipinski definition) is 1. The minimum absolute atomic E-state index is 0.452. The van der Waals surface area contributed by atoms with E-state index < -0.39 is 0 Å². The lowest BCUT2D eigenvalue weighted by Crippen LogP contribution is -2.27. The van der Waals surface area contributed by atoms with Gasteiger partial charge in [0.05, 0.1) is 0 Å². The standard InChI is InChI=1S/C16H21N/c1-12(2)14-10-9-13(3)16(11-14)17-15-7-5-4-6-8-15/h4-9,14,16-17H,1,10-11H2,2-3H3/t14-,16-/m1/s1. The van der Waals surface area contributed by atoms with Crippen LogP contribution in [-0.4, -0.2) is 6.04 Å². The molecular formula is C16H21N. The molecule has 1 N–H and O–H groups in total. The molecule has 1 nitrogen and oxygen atoms in total. The monoisotopic (exact) mass is 227 g/mol. The first-order valence-electron chi connectivity index (χ1n) is 6.30. The van der Waals surface area contributed by atoms with E-state index in [0.29, 0.717) is 12.0 Å². The van der Waals surface area contributed by atoms with Crippen molar-refractivity contribution in [3.05, 3.63) is 54.1 Å². The smallest absolute Gasteiger partial charge is 0.0476 e. The minimum atomic E-state index is 0.452. The molecule has 2 rings (SSSR count). The van der Waals surface area contributed by atoms with Crippen molar-refractivity contribution in [1.29, 1.82) is 0 Å². The molecule has 0 saturated heterocycles. The van der Waals surface area contributed by atoms with Gasteiger partial charge in [0.25, 0.3) is 0 Å². The van der Waals surface area contributed by atoms with E-state index in [0.717, 1.165) is 12.8 Å². The van der Waals surface area contributed by atoms with Gasteiger partial charge in [-0.1, -0.05) is 42.0 Å². The zero-order valence-electron chi connectivity index (χ0n) is 10.7. The molecule has 0 radical (unpaired) electrons. The number of benzene rings is 1. The van der Waals surface area contributed by atoms with Crippen LogP contribution in [0.25, 0.3) is 0 Å². The molecule has 0 bridgehead atoms. The van der Waals surface area contributed by atoms with E-state index >= 15 is 0 Å². The molecule has 0 unspecified atom stereocenters. The average molecular weight is 227 g/mol. The third-order valence-electron chi connectivity index (χ3n) is 3.61. The van der Waals surface area contributed by atoms with E-state index in [2.05, 4.69) is 56.1 Å². The number of allylic oxidation sites excluding steroid dienone is 2. The van der Waals surface area contributed by atoms with Crippen molar-refractivity contribution in [2.24, 2.45) is 5.92 Å². The first kappa shape index (κ1) is 12.0. The summed E-state index contributed by atoms with van der Waals surface area (Å²) in [6.45, 7) is 8.44. The second-order valence-electron chi connectivity index (χ2n) is 5.03. The third-order valence-corrected chi connectivity index (χ3v) is 3.61. The summed E-state index contributed by atoms with van der Waals surface area (Å²) in [7, 11) is 0. The van der Waals surface area contributed by atoms with Gasteiger partial charge in [-0.05, 0) is 44.7 Å². The van der Waals surface area contributed by atoms with Gasteiger partial charge < -0.3 is 5.32 Å². The van der Waals surface area contributed by atoms with Crippen LogP contribution in [-0.2, 0) is 0 Å². The van der Waals surface area contributed by atoms with Crippen molar-refractivity contribution in [3.63, 3.8) is 0 Å². The van der Waals surface area contributed by atoms with Crippen LogP contribution in [0.1, 0.15) is 26.7 Å². The molecule has 0 saturated carbocycles. The van der Waals surface area contributed by atoms with Crippen molar-refractivity contribution in [2.75, 3.05) is 5.32 Å². The van der Waals surface area contributed by atoms with Crippen LogP contribution in [0.15, 0.2) is 54.1 Å². The Hall–Kier alpha value is -1.50. The molecule has 0 aliphatic heterocycles. The SMILES string of the molecule is C=C(C)[C@@H]1CC=C(C)[C@H](Nc2ccccc2)C1. The fourth-order valence-corrected chi connectivity index (χ4v) is 2.35. The Labute approximate surface area is 104 Å². The Morgan fingerprint density at radius 1 is 1.29 bits per heavy atom. The van der Waals surface area contributed by atoms with Crippen LogP contribution in [0, 0.1) is 5.92 Å². The number of para-hydroxylation sites is 1. The number of hydrogen-bond acceptors (Lipinski definition) is 1. The van der Waals surface area contributed by atoms with Crippen LogP contribution >= 0.6 is 0 Å². The van der Waals surface area contributed by atoms with Crippen molar-refractivity contribution in [1.82, 2.24) is 0 Å². The molecule has 0 heterocycles. The summed E-state index contributed by atoms with van der Waals surface area (Å²) in [6.07, 6.45) is 4.66. The van der Waals surface area contributed by atoms with Gasteiger partial charge in [-0.3, -0.25) is 0 Å². The minimum Gasteiger partial charge on any atom is -0.379 e. The van der Waals surface area contributed by atoms with Gasteiger partial charge in [0.15, 0.2) is 0 Å². The van der Waals surface area contributed by atoms with Gasteiger partial charge in [0, 0.05) is 11.7 Å². The van der Waals surface area contributed by atoms with Crippen molar-refractivity contribution >= 4 is 5.69 Å². The lowest BCUT2D eigenvalue weighted by Gasteiger charge is -2.30. The predicted molar refractivity (Wildman–Crippen MR) is 75.1 cm³/mol. The molecule has 1 heteroatoms. The first-order valence-corrected chi connectivity index (χ1v) is 6.30. The fraction of sp³-hybridized carbons (Fsp3) is 0.375. The van der Waals surface area contributed by atoms with Gasteiger partial charge in [-0.15, -0.1) is 0 Å². The van der Waals surface area contributed by atoms with Crippen LogP contribution in [0.3, 0.4) is 0 Å². The van der Waals surface area contributed by atoms with E-state index in [-0.39, 0.29) is 0 Å². The van der Waals surface area contributed by atoms with Gasteiger partial charge in [0.1, 0.15) is 0 Å². The highest BCUT2D eigenvalue weighted by Gasteiger charge is 2.22. The molecule has 17 heavy (non-hydrogen) atoms. The van der Waals surface area contributed by atoms with Crippen molar-refractivity contribution < 1.29 is 0 Å². The molecule has 2 atom stereocenters. The molecule has 1 aromatic rings. The van der Waals surface area contributed by atoms with E-state index in [1.54, 1.807) is 0 Å². The largest absolute Gasteiger partial charge is 0.379 e.